The highest BCUT2D eigenvalue weighted by molar-refractivity contribution is 6.21. The molecule has 2 aromatic rings. The van der Waals surface area contributed by atoms with Gasteiger partial charge in [0.2, 0.25) is 5.91 Å². The second-order valence-electron chi connectivity index (χ2n) is 6.10. The normalized spacial score (nSPS) is 18.0. The number of hydrogen-bond acceptors (Lipinski definition) is 5. The number of fused-ring (bicyclic) bond motifs is 2. The lowest BCUT2D eigenvalue weighted by Crippen LogP contribution is -2.46. The smallest absolute Gasteiger partial charge is 0.327 e. The Morgan fingerprint density at radius 3 is 2.15 bits per heavy atom. The van der Waals surface area contributed by atoms with Crippen LogP contribution in [-0.4, -0.2) is 34.8 Å². The highest BCUT2D eigenvalue weighted by Gasteiger charge is 2.43. The molecule has 0 bridgehead atoms. The molecule has 7 nitrogen and oxygen atoms in total. The van der Waals surface area contributed by atoms with Gasteiger partial charge >= 0.3 is 5.97 Å². The minimum atomic E-state index is -0.922. The molecular formula is C19H14N2O5. The van der Waals surface area contributed by atoms with Crippen molar-refractivity contribution in [3.05, 3.63) is 65.2 Å². The Balaban J connectivity index is 1.59. The first-order valence-electron chi connectivity index (χ1n) is 8.06. The van der Waals surface area contributed by atoms with Crippen molar-refractivity contribution in [1.29, 1.82) is 0 Å². The summed E-state index contributed by atoms with van der Waals surface area (Å²) in [6.07, 6.45) is 0.262. The number of benzene rings is 2. The molecule has 2 heterocycles. The van der Waals surface area contributed by atoms with Crippen LogP contribution in [0.5, 0.6) is 0 Å². The van der Waals surface area contributed by atoms with Gasteiger partial charge in [-0.05, 0) is 23.8 Å². The van der Waals surface area contributed by atoms with Crippen molar-refractivity contribution in [3.63, 3.8) is 0 Å². The Morgan fingerprint density at radius 1 is 0.962 bits per heavy atom. The van der Waals surface area contributed by atoms with Crippen molar-refractivity contribution in [2.24, 2.45) is 0 Å². The zero-order valence-electron chi connectivity index (χ0n) is 13.8. The molecule has 1 unspecified atom stereocenters. The molecule has 0 aliphatic carbocycles. The molecule has 3 amide bonds. The van der Waals surface area contributed by atoms with E-state index in [0.29, 0.717) is 10.8 Å². The van der Waals surface area contributed by atoms with Gasteiger partial charge in [-0.15, -0.1) is 0 Å². The zero-order chi connectivity index (χ0) is 18.4. The monoisotopic (exact) mass is 350 g/mol. The Hall–Kier alpha value is -3.48. The Morgan fingerprint density at radius 2 is 1.54 bits per heavy atom. The number of hydrogen-bond donors (Lipinski definition) is 0. The fourth-order valence-electron chi connectivity index (χ4n) is 3.36. The summed E-state index contributed by atoms with van der Waals surface area (Å²) in [5.41, 5.74) is 1.82. The second-order valence-corrected chi connectivity index (χ2v) is 6.10. The van der Waals surface area contributed by atoms with Gasteiger partial charge in [-0.1, -0.05) is 35.4 Å². The van der Waals surface area contributed by atoms with E-state index in [-0.39, 0.29) is 23.5 Å². The Labute approximate surface area is 148 Å². The Bertz CT molecular complexity index is 933. The maximum atomic E-state index is 12.7. The summed E-state index contributed by atoms with van der Waals surface area (Å²) in [4.78, 5) is 55.8. The number of carbonyl (C=O) groups is 4. The van der Waals surface area contributed by atoms with Crippen LogP contribution in [0.3, 0.4) is 0 Å². The minimum absolute atomic E-state index is 0.184. The number of nitrogens with zero attached hydrogens (tertiary/aromatic N) is 2. The van der Waals surface area contributed by atoms with E-state index in [1.165, 1.54) is 24.0 Å². The molecule has 4 rings (SSSR count). The van der Waals surface area contributed by atoms with Gasteiger partial charge in [-0.3, -0.25) is 19.3 Å². The minimum Gasteiger partial charge on any atom is -0.327 e. The van der Waals surface area contributed by atoms with Gasteiger partial charge in [-0.25, -0.2) is 4.79 Å². The molecule has 0 radical (unpaired) electrons. The van der Waals surface area contributed by atoms with E-state index in [2.05, 4.69) is 0 Å². The fourth-order valence-corrected chi connectivity index (χ4v) is 3.36. The summed E-state index contributed by atoms with van der Waals surface area (Å²) >= 11 is 0. The zero-order valence-corrected chi connectivity index (χ0v) is 13.8. The highest BCUT2D eigenvalue weighted by Crippen LogP contribution is 2.33. The predicted octanol–water partition coefficient (Wildman–Crippen LogP) is 1.72. The first-order chi connectivity index (χ1) is 12.5. The van der Waals surface area contributed by atoms with Crippen LogP contribution in [0.15, 0.2) is 48.5 Å². The molecule has 0 aromatic heterocycles. The number of carbonyl (C=O) groups excluding carboxylic acids is 4. The number of rotatable bonds is 2. The van der Waals surface area contributed by atoms with Gasteiger partial charge < -0.3 is 4.84 Å². The summed E-state index contributed by atoms with van der Waals surface area (Å²) in [6, 6.07) is 12.5. The third-order valence-corrected chi connectivity index (χ3v) is 4.53. The number of imide groups is 1. The Kier molecular flexibility index (Phi) is 3.57. The predicted molar refractivity (Wildman–Crippen MR) is 90.1 cm³/mol. The van der Waals surface area contributed by atoms with Crippen LogP contribution in [-0.2, 0) is 20.8 Å². The van der Waals surface area contributed by atoms with Crippen LogP contribution in [0.1, 0.15) is 33.2 Å². The molecule has 2 aromatic carbocycles. The molecule has 1 atom stereocenters. The molecule has 2 aliphatic rings. The quantitative estimate of drug-likeness (QED) is 0.770. The molecule has 0 saturated heterocycles. The molecule has 130 valence electrons. The van der Waals surface area contributed by atoms with Gasteiger partial charge in [-0.2, -0.15) is 0 Å². The number of hydroxylamine groups is 2. The van der Waals surface area contributed by atoms with Crippen LogP contribution in [0.25, 0.3) is 0 Å². The fraction of sp³-hybridized carbons (Fsp3) is 0.158. The third kappa shape index (κ3) is 2.28. The lowest BCUT2D eigenvalue weighted by molar-refractivity contribution is -0.170. The van der Waals surface area contributed by atoms with Crippen LogP contribution in [0.4, 0.5) is 5.69 Å². The van der Waals surface area contributed by atoms with Crippen molar-refractivity contribution < 1.29 is 24.0 Å². The molecule has 26 heavy (non-hydrogen) atoms. The maximum absolute atomic E-state index is 12.7. The van der Waals surface area contributed by atoms with Crippen molar-refractivity contribution >= 4 is 29.4 Å². The average molecular weight is 350 g/mol. The largest absolute Gasteiger partial charge is 0.356 e. The summed E-state index contributed by atoms with van der Waals surface area (Å²) in [5, 5.41) is 0.467. The molecule has 0 fully saturated rings. The van der Waals surface area contributed by atoms with Crippen LogP contribution in [0.2, 0.25) is 0 Å². The van der Waals surface area contributed by atoms with Crippen molar-refractivity contribution in [1.82, 2.24) is 5.06 Å². The van der Waals surface area contributed by atoms with Gasteiger partial charge in [0.05, 0.1) is 11.1 Å². The van der Waals surface area contributed by atoms with Crippen molar-refractivity contribution in [2.45, 2.75) is 19.4 Å². The SMILES string of the molecule is CC(=O)N1c2ccccc2CC1C(=O)ON1C(=O)c2ccccc2C1=O. The van der Waals surface area contributed by atoms with Crippen molar-refractivity contribution in [3.8, 4) is 0 Å². The summed E-state index contributed by atoms with van der Waals surface area (Å²) in [7, 11) is 0. The van der Waals surface area contributed by atoms with Crippen LogP contribution in [0, 0.1) is 0 Å². The third-order valence-electron chi connectivity index (χ3n) is 4.53. The maximum Gasteiger partial charge on any atom is 0.356 e. The summed E-state index contributed by atoms with van der Waals surface area (Å²) in [6.45, 7) is 1.35. The van der Waals surface area contributed by atoms with E-state index in [0.717, 1.165) is 5.56 Å². The molecule has 7 heteroatoms. The molecule has 2 aliphatic heterocycles. The second kappa shape index (κ2) is 5.80. The van der Waals surface area contributed by atoms with Crippen LogP contribution < -0.4 is 4.90 Å². The van der Waals surface area contributed by atoms with E-state index in [9.17, 15) is 19.2 Å². The lowest BCUT2D eigenvalue weighted by Gasteiger charge is -2.23. The topological polar surface area (TPSA) is 84.0 Å². The number of amides is 3. The van der Waals surface area contributed by atoms with Crippen LogP contribution >= 0.6 is 0 Å². The summed E-state index contributed by atoms with van der Waals surface area (Å²) < 4.78 is 0. The number of anilines is 1. The van der Waals surface area contributed by atoms with E-state index in [4.69, 9.17) is 4.84 Å². The van der Waals surface area contributed by atoms with Crippen molar-refractivity contribution in [2.75, 3.05) is 4.90 Å². The molecule has 0 saturated carbocycles. The standard InChI is InChI=1S/C19H14N2O5/c1-11(22)20-15-9-5-2-6-12(15)10-16(20)19(25)26-21-17(23)13-7-3-4-8-14(13)18(21)24/h2-9,16H,10H2,1H3. The van der Waals surface area contributed by atoms with Gasteiger partial charge in [0.1, 0.15) is 6.04 Å². The molecular weight excluding hydrogens is 336 g/mol. The average Bonchev–Trinajstić information content (AvgIpc) is 3.14. The van der Waals surface area contributed by atoms with E-state index in [1.807, 2.05) is 12.1 Å². The number of para-hydroxylation sites is 1. The first-order valence-corrected chi connectivity index (χ1v) is 8.06. The van der Waals surface area contributed by atoms with Gasteiger partial charge in [0.15, 0.2) is 0 Å². The molecule has 0 N–H and O–H groups in total. The van der Waals surface area contributed by atoms with Gasteiger partial charge in [0, 0.05) is 19.0 Å². The first kappa shape index (κ1) is 16.0. The van der Waals surface area contributed by atoms with E-state index < -0.39 is 23.8 Å². The van der Waals surface area contributed by atoms with E-state index >= 15 is 0 Å². The van der Waals surface area contributed by atoms with E-state index in [1.54, 1.807) is 24.3 Å². The lowest BCUT2D eigenvalue weighted by atomic mass is 10.1. The summed E-state index contributed by atoms with van der Waals surface area (Å²) in [5.74, 6) is -2.53. The van der Waals surface area contributed by atoms with Gasteiger partial charge in [0.25, 0.3) is 11.8 Å². The molecule has 0 spiro atoms. The highest BCUT2D eigenvalue weighted by atomic mass is 16.7.